The fourth-order valence-corrected chi connectivity index (χ4v) is 4.66. The van der Waals surface area contributed by atoms with Gasteiger partial charge in [0.05, 0.1) is 11.1 Å². The Kier molecular flexibility index (Phi) is 4.71. The minimum atomic E-state index is -3.95. The van der Waals surface area contributed by atoms with Crippen LogP contribution in [0.1, 0.15) is 10.6 Å². The van der Waals surface area contributed by atoms with Crippen LogP contribution in [-0.4, -0.2) is 49.8 Å². The molecule has 1 amide bonds. The number of carbonyl (C=O) groups is 1. The second-order valence-electron chi connectivity index (χ2n) is 6.46. The molecule has 29 heavy (non-hydrogen) atoms. The van der Waals surface area contributed by atoms with Gasteiger partial charge in [-0.1, -0.05) is 0 Å². The summed E-state index contributed by atoms with van der Waals surface area (Å²) in [7, 11) is -3.95. The maximum atomic E-state index is 14.3. The van der Waals surface area contributed by atoms with Gasteiger partial charge in [-0.25, -0.2) is 17.2 Å². The zero-order valence-corrected chi connectivity index (χ0v) is 15.8. The number of sulfonamides is 1. The van der Waals surface area contributed by atoms with Crippen LogP contribution in [0.3, 0.4) is 0 Å². The first kappa shape index (κ1) is 19.3. The molecule has 3 heterocycles. The van der Waals surface area contributed by atoms with Gasteiger partial charge < -0.3 is 15.1 Å². The van der Waals surface area contributed by atoms with Crippen LogP contribution < -0.4 is 10.6 Å². The average Bonchev–Trinajstić information content (AvgIpc) is 3.22. The molecule has 0 bridgehead atoms. The van der Waals surface area contributed by atoms with Gasteiger partial charge in [0.15, 0.2) is 5.76 Å². The van der Waals surface area contributed by atoms with E-state index in [9.17, 15) is 22.0 Å². The number of primary amides is 1. The molecule has 4 rings (SSSR count). The molecule has 1 aliphatic rings. The Hall–Kier alpha value is -3.05. The molecule has 0 aliphatic carbocycles. The van der Waals surface area contributed by atoms with Gasteiger partial charge in [0.1, 0.15) is 17.2 Å². The number of nitrogens with zero attached hydrogens (tertiary/aromatic N) is 3. The highest BCUT2D eigenvalue weighted by Gasteiger charge is 2.32. The number of pyridine rings is 1. The monoisotopic (exact) mass is 422 g/mol. The van der Waals surface area contributed by atoms with E-state index in [1.807, 2.05) is 0 Å². The van der Waals surface area contributed by atoms with Crippen LogP contribution in [0.15, 0.2) is 46.0 Å². The summed E-state index contributed by atoms with van der Waals surface area (Å²) >= 11 is 0. The molecule has 152 valence electrons. The largest absolute Gasteiger partial charge is 0.438 e. The molecule has 11 heteroatoms. The molecule has 1 aromatic carbocycles. The second kappa shape index (κ2) is 7.08. The van der Waals surface area contributed by atoms with E-state index in [0.29, 0.717) is 5.69 Å². The SMILES string of the molecule is NC(=O)c1ccc(S(=O)(=O)N2CCN(c3ccnc4c(F)ccc(F)c34)CC2)o1. The summed E-state index contributed by atoms with van der Waals surface area (Å²) in [5.74, 6) is -2.35. The summed E-state index contributed by atoms with van der Waals surface area (Å²) in [6.07, 6.45) is 1.39. The maximum absolute atomic E-state index is 14.3. The number of rotatable bonds is 4. The number of fused-ring (bicyclic) bond motifs is 1. The Bertz CT molecular complexity index is 1200. The Morgan fingerprint density at radius 3 is 2.38 bits per heavy atom. The minimum Gasteiger partial charge on any atom is -0.438 e. The molecule has 2 aromatic heterocycles. The molecule has 2 N–H and O–H groups in total. The van der Waals surface area contributed by atoms with Crippen LogP contribution in [-0.2, 0) is 10.0 Å². The van der Waals surface area contributed by atoms with Gasteiger partial charge in [-0.05, 0) is 30.3 Å². The summed E-state index contributed by atoms with van der Waals surface area (Å²) in [6, 6.07) is 6.00. The fourth-order valence-electron chi connectivity index (χ4n) is 3.33. The highest BCUT2D eigenvalue weighted by atomic mass is 32.2. The van der Waals surface area contributed by atoms with E-state index in [0.717, 1.165) is 12.1 Å². The van der Waals surface area contributed by atoms with Gasteiger partial charge in [0.2, 0.25) is 5.09 Å². The van der Waals surface area contributed by atoms with Gasteiger partial charge in [-0.3, -0.25) is 9.78 Å². The van der Waals surface area contributed by atoms with E-state index < -0.39 is 27.6 Å². The van der Waals surface area contributed by atoms with Crippen molar-refractivity contribution in [2.75, 3.05) is 31.1 Å². The number of hydrogen-bond acceptors (Lipinski definition) is 6. The molecule has 0 unspecified atom stereocenters. The van der Waals surface area contributed by atoms with Crippen LogP contribution in [0.2, 0.25) is 0 Å². The molecule has 8 nitrogen and oxygen atoms in total. The highest BCUT2D eigenvalue weighted by Crippen LogP contribution is 2.31. The van der Waals surface area contributed by atoms with Crippen molar-refractivity contribution < 1.29 is 26.4 Å². The van der Waals surface area contributed by atoms with E-state index in [2.05, 4.69) is 4.98 Å². The second-order valence-corrected chi connectivity index (χ2v) is 8.33. The van der Waals surface area contributed by atoms with Crippen molar-refractivity contribution in [3.63, 3.8) is 0 Å². The Morgan fingerprint density at radius 1 is 1.03 bits per heavy atom. The van der Waals surface area contributed by atoms with Crippen LogP contribution in [0, 0.1) is 11.6 Å². The van der Waals surface area contributed by atoms with Gasteiger partial charge in [-0.15, -0.1) is 0 Å². The molecule has 0 atom stereocenters. The number of anilines is 1. The number of hydrogen-bond donors (Lipinski definition) is 1. The average molecular weight is 422 g/mol. The molecule has 1 aliphatic heterocycles. The first-order valence-corrected chi connectivity index (χ1v) is 10.1. The van der Waals surface area contributed by atoms with Crippen molar-refractivity contribution in [1.29, 1.82) is 0 Å². The number of amides is 1. The predicted octanol–water partition coefficient (Wildman–Crippen LogP) is 1.72. The standard InChI is InChI=1S/C18H16F2N4O4S/c19-11-1-2-12(20)17-16(11)13(5-6-22-17)23-7-9-24(10-8-23)29(26,27)15-4-3-14(28-15)18(21)25/h1-6H,7-10H2,(H2,21,25). The molecule has 1 saturated heterocycles. The van der Waals surface area contributed by atoms with Crippen molar-refractivity contribution in [3.8, 4) is 0 Å². The molecule has 0 spiro atoms. The maximum Gasteiger partial charge on any atom is 0.284 e. The normalized spacial score (nSPS) is 15.7. The van der Waals surface area contributed by atoms with Crippen molar-refractivity contribution >= 4 is 32.5 Å². The third-order valence-corrected chi connectivity index (χ3v) is 6.54. The van der Waals surface area contributed by atoms with Crippen LogP contribution in [0.5, 0.6) is 0 Å². The summed E-state index contributed by atoms with van der Waals surface area (Å²) in [6.45, 7) is 0.681. The van der Waals surface area contributed by atoms with Gasteiger partial charge >= 0.3 is 0 Å². The molecule has 0 saturated carbocycles. The third kappa shape index (κ3) is 3.32. The smallest absolute Gasteiger partial charge is 0.284 e. The lowest BCUT2D eigenvalue weighted by Crippen LogP contribution is -2.48. The first-order valence-electron chi connectivity index (χ1n) is 8.66. The number of nitrogens with two attached hydrogens (primary N) is 1. The van der Waals surface area contributed by atoms with E-state index >= 15 is 0 Å². The highest BCUT2D eigenvalue weighted by molar-refractivity contribution is 7.89. The van der Waals surface area contributed by atoms with Crippen LogP contribution >= 0.6 is 0 Å². The van der Waals surface area contributed by atoms with Crippen LogP contribution in [0.25, 0.3) is 10.9 Å². The molecular formula is C18H16F2N4O4S. The van der Waals surface area contributed by atoms with Crippen molar-refractivity contribution in [2.45, 2.75) is 5.09 Å². The topological polar surface area (TPSA) is 110 Å². The van der Waals surface area contributed by atoms with Crippen molar-refractivity contribution in [1.82, 2.24) is 9.29 Å². The van der Waals surface area contributed by atoms with E-state index in [1.165, 1.54) is 22.6 Å². The van der Waals surface area contributed by atoms with E-state index in [4.69, 9.17) is 10.2 Å². The zero-order valence-electron chi connectivity index (χ0n) is 15.0. The Labute approximate surface area is 164 Å². The van der Waals surface area contributed by atoms with Crippen molar-refractivity contribution in [3.05, 3.63) is 53.9 Å². The van der Waals surface area contributed by atoms with Crippen LogP contribution in [0.4, 0.5) is 14.5 Å². The van der Waals surface area contributed by atoms with Gasteiger partial charge in [0, 0.05) is 32.4 Å². The summed E-state index contributed by atoms with van der Waals surface area (Å²) in [5, 5.41) is -0.317. The van der Waals surface area contributed by atoms with E-state index in [-0.39, 0.29) is 47.9 Å². The molecule has 3 aromatic rings. The predicted molar refractivity (Wildman–Crippen MR) is 99.9 cm³/mol. The summed E-state index contributed by atoms with van der Waals surface area (Å²) in [4.78, 5) is 16.8. The summed E-state index contributed by atoms with van der Waals surface area (Å²) < 4.78 is 60.0. The number of carbonyl (C=O) groups excluding carboxylic acids is 1. The molecular weight excluding hydrogens is 406 g/mol. The third-order valence-electron chi connectivity index (χ3n) is 4.77. The lowest BCUT2D eigenvalue weighted by Gasteiger charge is -2.35. The zero-order chi connectivity index (χ0) is 20.8. The number of aromatic nitrogens is 1. The first-order chi connectivity index (χ1) is 13.8. The lowest BCUT2D eigenvalue weighted by atomic mass is 10.1. The van der Waals surface area contributed by atoms with Gasteiger partial charge in [-0.2, -0.15) is 4.31 Å². The Morgan fingerprint density at radius 2 is 1.72 bits per heavy atom. The quantitative estimate of drug-likeness (QED) is 0.686. The fraction of sp³-hybridized carbons (Fsp3) is 0.222. The molecule has 1 fully saturated rings. The summed E-state index contributed by atoms with van der Waals surface area (Å²) in [5.41, 5.74) is 5.46. The van der Waals surface area contributed by atoms with Gasteiger partial charge in [0.25, 0.3) is 15.9 Å². The number of furan rings is 1. The number of piperazine rings is 1. The minimum absolute atomic E-state index is 0.0564. The Balaban J connectivity index is 1.58. The van der Waals surface area contributed by atoms with Crippen molar-refractivity contribution in [2.24, 2.45) is 5.73 Å². The lowest BCUT2D eigenvalue weighted by molar-refractivity contribution is 0.0968. The number of halogens is 2. The van der Waals surface area contributed by atoms with E-state index in [1.54, 1.807) is 11.0 Å². The molecule has 0 radical (unpaired) electrons. The number of benzene rings is 1.